The third kappa shape index (κ3) is 5.54. The van der Waals surface area contributed by atoms with E-state index in [1.54, 1.807) is 11.3 Å². The summed E-state index contributed by atoms with van der Waals surface area (Å²) in [4.78, 5) is 11.3. The predicted molar refractivity (Wildman–Crippen MR) is 64.2 cm³/mol. The first kappa shape index (κ1) is 12.2. The molecule has 2 N–H and O–H groups in total. The van der Waals surface area contributed by atoms with Gasteiger partial charge in [-0.1, -0.05) is 6.92 Å². The first-order valence-corrected chi connectivity index (χ1v) is 6.25. The molecule has 0 aromatic carbocycles. The quantitative estimate of drug-likeness (QED) is 0.690. The van der Waals surface area contributed by atoms with Crippen LogP contribution in [-0.2, 0) is 11.2 Å². The van der Waals surface area contributed by atoms with E-state index in [4.69, 9.17) is 0 Å². The lowest BCUT2D eigenvalue weighted by Gasteiger charge is -2.04. The third-order valence-corrected chi connectivity index (χ3v) is 2.83. The molecule has 84 valence electrons. The van der Waals surface area contributed by atoms with Gasteiger partial charge < -0.3 is 10.6 Å². The number of hydrogen-bond acceptors (Lipinski definition) is 3. The molecule has 0 bridgehead atoms. The maximum atomic E-state index is 11.3. The molecule has 1 heterocycles. The Hall–Kier alpha value is -0.870. The SMILES string of the molecule is CCNCCC(=O)NCCc1ccsc1. The summed E-state index contributed by atoms with van der Waals surface area (Å²) in [6.07, 6.45) is 1.49. The van der Waals surface area contributed by atoms with E-state index >= 15 is 0 Å². The summed E-state index contributed by atoms with van der Waals surface area (Å²) in [5, 5.41) is 10.2. The minimum atomic E-state index is 0.131. The van der Waals surface area contributed by atoms with Crippen LogP contribution in [-0.4, -0.2) is 25.5 Å². The Kier molecular flexibility index (Phi) is 6.04. The van der Waals surface area contributed by atoms with Gasteiger partial charge in [0.05, 0.1) is 0 Å². The summed E-state index contributed by atoms with van der Waals surface area (Å²) in [7, 11) is 0. The van der Waals surface area contributed by atoms with Crippen LogP contribution in [0.4, 0.5) is 0 Å². The van der Waals surface area contributed by atoms with Crippen LogP contribution in [0, 0.1) is 0 Å². The maximum absolute atomic E-state index is 11.3. The summed E-state index contributed by atoms with van der Waals surface area (Å²) < 4.78 is 0. The molecule has 1 amide bonds. The first-order chi connectivity index (χ1) is 7.33. The van der Waals surface area contributed by atoms with Crippen molar-refractivity contribution in [3.8, 4) is 0 Å². The van der Waals surface area contributed by atoms with E-state index in [1.165, 1.54) is 5.56 Å². The second kappa shape index (κ2) is 7.43. The van der Waals surface area contributed by atoms with Gasteiger partial charge in [0.15, 0.2) is 0 Å². The predicted octanol–water partition coefficient (Wildman–Crippen LogP) is 1.41. The lowest BCUT2D eigenvalue weighted by Crippen LogP contribution is -2.29. The van der Waals surface area contributed by atoms with Gasteiger partial charge in [0.1, 0.15) is 0 Å². The van der Waals surface area contributed by atoms with E-state index in [-0.39, 0.29) is 5.91 Å². The van der Waals surface area contributed by atoms with Gasteiger partial charge >= 0.3 is 0 Å². The van der Waals surface area contributed by atoms with Gasteiger partial charge in [-0.05, 0) is 35.4 Å². The fraction of sp³-hybridized carbons (Fsp3) is 0.545. The van der Waals surface area contributed by atoms with Gasteiger partial charge in [0.25, 0.3) is 0 Å². The zero-order valence-electron chi connectivity index (χ0n) is 9.08. The highest BCUT2D eigenvalue weighted by Gasteiger charge is 1.99. The summed E-state index contributed by atoms with van der Waals surface area (Å²) in [5.41, 5.74) is 1.30. The van der Waals surface area contributed by atoms with Crippen LogP contribution in [0.1, 0.15) is 18.9 Å². The summed E-state index contributed by atoms with van der Waals surface area (Å²) >= 11 is 1.69. The second-order valence-electron chi connectivity index (χ2n) is 3.34. The van der Waals surface area contributed by atoms with Crippen molar-refractivity contribution in [3.05, 3.63) is 22.4 Å². The molecule has 0 spiro atoms. The number of amides is 1. The van der Waals surface area contributed by atoms with Gasteiger partial charge in [0, 0.05) is 19.5 Å². The fourth-order valence-corrected chi connectivity index (χ4v) is 1.95. The van der Waals surface area contributed by atoms with Gasteiger partial charge in [-0.25, -0.2) is 0 Å². The lowest BCUT2D eigenvalue weighted by molar-refractivity contribution is -0.120. The summed E-state index contributed by atoms with van der Waals surface area (Å²) in [5.74, 6) is 0.131. The number of carbonyl (C=O) groups excluding carboxylic acids is 1. The van der Waals surface area contributed by atoms with Crippen molar-refractivity contribution >= 4 is 17.2 Å². The van der Waals surface area contributed by atoms with E-state index in [1.807, 2.05) is 6.92 Å². The number of hydrogen-bond donors (Lipinski definition) is 2. The first-order valence-electron chi connectivity index (χ1n) is 5.31. The van der Waals surface area contributed by atoms with Crippen LogP contribution in [0.3, 0.4) is 0 Å². The molecule has 0 fully saturated rings. The topological polar surface area (TPSA) is 41.1 Å². The molecule has 0 aliphatic carbocycles. The van der Waals surface area contributed by atoms with Crippen LogP contribution < -0.4 is 10.6 Å². The monoisotopic (exact) mass is 226 g/mol. The normalized spacial score (nSPS) is 10.2. The van der Waals surface area contributed by atoms with Crippen molar-refractivity contribution in [1.29, 1.82) is 0 Å². The van der Waals surface area contributed by atoms with Gasteiger partial charge in [-0.15, -0.1) is 0 Å². The molecular weight excluding hydrogens is 208 g/mol. The molecule has 1 aromatic heterocycles. The molecule has 0 saturated heterocycles. The Bertz CT molecular complexity index is 272. The van der Waals surface area contributed by atoms with E-state index in [2.05, 4.69) is 27.5 Å². The van der Waals surface area contributed by atoms with Crippen LogP contribution in [0.15, 0.2) is 16.8 Å². The zero-order valence-corrected chi connectivity index (χ0v) is 9.90. The molecule has 1 aromatic rings. The van der Waals surface area contributed by atoms with Crippen molar-refractivity contribution < 1.29 is 4.79 Å². The van der Waals surface area contributed by atoms with E-state index in [0.29, 0.717) is 6.42 Å². The molecule has 4 heteroatoms. The maximum Gasteiger partial charge on any atom is 0.221 e. The molecule has 3 nitrogen and oxygen atoms in total. The molecule has 0 radical (unpaired) electrons. The Morgan fingerprint density at radius 2 is 2.33 bits per heavy atom. The van der Waals surface area contributed by atoms with Crippen LogP contribution in [0.5, 0.6) is 0 Å². The molecule has 0 atom stereocenters. The molecule has 0 unspecified atom stereocenters. The average Bonchev–Trinajstić information content (AvgIpc) is 2.71. The van der Waals surface area contributed by atoms with Crippen molar-refractivity contribution in [3.63, 3.8) is 0 Å². The highest BCUT2D eigenvalue weighted by atomic mass is 32.1. The number of thiophene rings is 1. The Labute approximate surface area is 94.9 Å². The van der Waals surface area contributed by atoms with Crippen molar-refractivity contribution in [1.82, 2.24) is 10.6 Å². The molecule has 0 aliphatic rings. The third-order valence-electron chi connectivity index (χ3n) is 2.09. The highest BCUT2D eigenvalue weighted by molar-refractivity contribution is 7.07. The molecule has 0 aliphatic heterocycles. The Balaban J connectivity index is 2.02. The van der Waals surface area contributed by atoms with Crippen LogP contribution in [0.25, 0.3) is 0 Å². The van der Waals surface area contributed by atoms with Gasteiger partial charge in [-0.2, -0.15) is 11.3 Å². The second-order valence-corrected chi connectivity index (χ2v) is 4.12. The van der Waals surface area contributed by atoms with E-state index in [9.17, 15) is 4.79 Å². The fourth-order valence-electron chi connectivity index (χ4n) is 1.25. The molecule has 15 heavy (non-hydrogen) atoms. The lowest BCUT2D eigenvalue weighted by atomic mass is 10.2. The van der Waals surface area contributed by atoms with E-state index < -0.39 is 0 Å². The number of nitrogens with one attached hydrogen (secondary N) is 2. The Morgan fingerprint density at radius 3 is 3.00 bits per heavy atom. The minimum Gasteiger partial charge on any atom is -0.356 e. The van der Waals surface area contributed by atoms with Crippen molar-refractivity contribution in [2.75, 3.05) is 19.6 Å². The van der Waals surface area contributed by atoms with Gasteiger partial charge in [-0.3, -0.25) is 4.79 Å². The van der Waals surface area contributed by atoms with Crippen LogP contribution in [0.2, 0.25) is 0 Å². The average molecular weight is 226 g/mol. The smallest absolute Gasteiger partial charge is 0.221 e. The van der Waals surface area contributed by atoms with Crippen LogP contribution >= 0.6 is 11.3 Å². The summed E-state index contributed by atoms with van der Waals surface area (Å²) in [6.45, 7) is 4.46. The minimum absolute atomic E-state index is 0.131. The highest BCUT2D eigenvalue weighted by Crippen LogP contribution is 2.05. The van der Waals surface area contributed by atoms with E-state index in [0.717, 1.165) is 26.1 Å². The number of carbonyl (C=O) groups is 1. The van der Waals surface area contributed by atoms with Crippen molar-refractivity contribution in [2.24, 2.45) is 0 Å². The molecule has 0 saturated carbocycles. The standard InChI is InChI=1S/C11H18N2OS/c1-2-12-6-4-11(14)13-7-3-10-5-8-15-9-10/h5,8-9,12H,2-4,6-7H2,1H3,(H,13,14). The zero-order chi connectivity index (χ0) is 10.9. The molecule has 1 rings (SSSR count). The largest absolute Gasteiger partial charge is 0.356 e. The van der Waals surface area contributed by atoms with Crippen molar-refractivity contribution in [2.45, 2.75) is 19.8 Å². The Morgan fingerprint density at radius 1 is 1.47 bits per heavy atom. The molecular formula is C11H18N2OS. The summed E-state index contributed by atoms with van der Waals surface area (Å²) in [6, 6.07) is 2.09. The number of rotatable bonds is 7. The van der Waals surface area contributed by atoms with Gasteiger partial charge in [0.2, 0.25) is 5.91 Å².